The van der Waals surface area contributed by atoms with Crippen molar-refractivity contribution in [1.29, 1.82) is 0 Å². The molecule has 9 N–H and O–H groups in total. The molecule has 108 heavy (non-hydrogen) atoms. The van der Waals surface area contributed by atoms with E-state index in [0.29, 0.717) is 105 Å². The molecule has 0 aromatic rings. The molecular weight excluding hydrogens is 1420 g/mol. The van der Waals surface area contributed by atoms with Crippen molar-refractivity contribution in [3.63, 3.8) is 0 Å². The molecule has 0 heterocycles. The van der Waals surface area contributed by atoms with E-state index in [9.17, 15) is 57.5 Å². The largest absolute Gasteiger partial charge is 0.463 e. The van der Waals surface area contributed by atoms with Crippen LogP contribution in [0.4, 0.5) is 9.59 Å². The highest BCUT2D eigenvalue weighted by molar-refractivity contribution is 5.89. The van der Waals surface area contributed by atoms with E-state index >= 15 is 0 Å². The fourth-order valence-electron chi connectivity index (χ4n) is 8.81. The summed E-state index contributed by atoms with van der Waals surface area (Å²) in [4.78, 5) is 152. The SMILES string of the molecule is CC(C)OC(=O)CC[C@H](NC(=O)N[C@@H](CCCCNC(=O)CCOCCOCCOCCOCCNC(=O)CNCC(=O)NCCOCCOCCOCCOCCC(=O)NCCCC[C@H](NC(=O)N[C@@H](CCC(=O)OC(C)(C)C)C(=O)OC(C)(C)C)C(=O)OC(C)(C)C)C(=O)OC(C)(C)C)C(=O)OC(C)(C)C. The second-order valence-corrected chi connectivity index (χ2v) is 30.2. The Bertz CT molecular complexity index is 2620. The Hall–Kier alpha value is -7.12. The Balaban J connectivity index is 4.06. The predicted octanol–water partition coefficient (Wildman–Crippen LogP) is 3.59. The van der Waals surface area contributed by atoms with Crippen LogP contribution in [0.15, 0.2) is 0 Å². The lowest BCUT2D eigenvalue weighted by atomic mass is 10.1. The van der Waals surface area contributed by atoms with Crippen molar-refractivity contribution < 1.29 is 124 Å². The summed E-state index contributed by atoms with van der Waals surface area (Å²) >= 11 is 0. The van der Waals surface area contributed by atoms with Gasteiger partial charge in [-0.05, 0) is 169 Å². The first-order valence-electron chi connectivity index (χ1n) is 37.4. The number of amides is 8. The van der Waals surface area contributed by atoms with Gasteiger partial charge >= 0.3 is 47.9 Å². The third-order valence-electron chi connectivity index (χ3n) is 13.4. The van der Waals surface area contributed by atoms with Crippen molar-refractivity contribution in [2.24, 2.45) is 0 Å². The molecule has 0 fully saturated rings. The smallest absolute Gasteiger partial charge is 0.329 e. The zero-order valence-electron chi connectivity index (χ0n) is 67.5. The zero-order valence-corrected chi connectivity index (χ0v) is 67.5. The summed E-state index contributed by atoms with van der Waals surface area (Å²) in [6, 6.07) is -6.25. The van der Waals surface area contributed by atoms with Gasteiger partial charge in [0.25, 0.3) is 0 Å². The van der Waals surface area contributed by atoms with Crippen molar-refractivity contribution in [2.45, 2.75) is 253 Å². The van der Waals surface area contributed by atoms with E-state index in [0.717, 1.165) is 0 Å². The van der Waals surface area contributed by atoms with E-state index in [1.54, 1.807) is 118 Å². The minimum Gasteiger partial charge on any atom is -0.463 e. The molecule has 0 aromatic heterocycles. The van der Waals surface area contributed by atoms with E-state index in [2.05, 4.69) is 47.9 Å². The Morgan fingerprint density at radius 3 is 0.824 bits per heavy atom. The van der Waals surface area contributed by atoms with Crippen LogP contribution in [0.25, 0.3) is 0 Å². The molecule has 626 valence electrons. The van der Waals surface area contributed by atoms with Crippen molar-refractivity contribution >= 4 is 71.5 Å². The van der Waals surface area contributed by atoms with Gasteiger partial charge in [0.05, 0.1) is 125 Å². The van der Waals surface area contributed by atoms with Gasteiger partial charge in [0.2, 0.25) is 23.6 Å². The van der Waals surface area contributed by atoms with Gasteiger partial charge in [-0.1, -0.05) is 0 Å². The Kier molecular flexibility index (Phi) is 53.3. The van der Waals surface area contributed by atoms with Gasteiger partial charge in [0, 0.05) is 51.9 Å². The number of rotatable bonds is 59. The topological polar surface area (TPSA) is 442 Å². The molecule has 0 aliphatic rings. The Labute approximate surface area is 638 Å². The summed E-state index contributed by atoms with van der Waals surface area (Å²) in [6.45, 7) is 34.3. The molecule has 0 aromatic carbocycles. The zero-order chi connectivity index (χ0) is 81.6. The number of esters is 6. The van der Waals surface area contributed by atoms with Crippen molar-refractivity contribution in [3.8, 4) is 0 Å². The summed E-state index contributed by atoms with van der Waals surface area (Å²) in [7, 11) is 0. The third kappa shape index (κ3) is 63.8. The lowest BCUT2D eigenvalue weighted by molar-refractivity contribution is -0.160. The summed E-state index contributed by atoms with van der Waals surface area (Å²) in [6.07, 6.45) is 1.51. The quantitative estimate of drug-likeness (QED) is 0.0239. The highest BCUT2D eigenvalue weighted by Gasteiger charge is 2.34. The molecule has 0 radical (unpaired) electrons. The van der Waals surface area contributed by atoms with Gasteiger partial charge in [-0.15, -0.1) is 0 Å². The molecular formula is C73H133N9O26. The number of urea groups is 2. The molecule has 35 nitrogen and oxygen atoms in total. The lowest BCUT2D eigenvalue weighted by Gasteiger charge is -2.27. The van der Waals surface area contributed by atoms with Gasteiger partial charge in [0.1, 0.15) is 52.2 Å². The first kappa shape index (κ1) is 101. The molecule has 0 saturated heterocycles. The molecule has 0 saturated carbocycles. The summed E-state index contributed by atoms with van der Waals surface area (Å²) in [5.74, 6) is -5.02. The van der Waals surface area contributed by atoms with E-state index in [1.807, 2.05) is 0 Å². The van der Waals surface area contributed by atoms with E-state index in [1.165, 1.54) is 0 Å². The highest BCUT2D eigenvalue weighted by Crippen LogP contribution is 2.18. The number of carbonyl (C=O) groups is 12. The standard InChI is InChI=1S/C73H133N9O26/c1-52(2)103-61(87)26-24-55(65(91)107-72(12,13)14)81-67(93)79-53(63(89)105-70(6,7)8)22-18-20-30-75-57(83)28-34-95-38-42-99-46-48-101-44-40-97-36-32-77-59(85)50-74-51-60(86)78-33-37-98-41-45-102-49-47-100-43-39-96-35-29-58(84)76-31-21-19-23-54(64(90)106-71(9,10)11)80-68(94)82-56(66(92)108-73(15,16)17)25-27-62(88)104-69(3,4)5/h52-56,74H,18-51H2,1-17H3,(H,75,83)(H,76,84)(H,77,85)(H,78,86)(H2,79,81,93)(H2,80,82,94)/t53-,54-,55-,56-/m0/s1. The molecule has 4 atom stereocenters. The molecule has 0 unspecified atom stereocenters. The fraction of sp³-hybridized carbons (Fsp3) is 0.836. The third-order valence-corrected chi connectivity index (χ3v) is 13.4. The maximum Gasteiger partial charge on any atom is 0.329 e. The molecule has 35 heteroatoms. The first-order chi connectivity index (χ1) is 50.5. The van der Waals surface area contributed by atoms with E-state index in [-0.39, 0.29) is 147 Å². The number of hydrogen-bond acceptors (Lipinski definition) is 27. The minimum atomic E-state index is -1.22. The highest BCUT2D eigenvalue weighted by atomic mass is 16.6. The van der Waals surface area contributed by atoms with Crippen LogP contribution in [-0.2, 0) is 114 Å². The van der Waals surface area contributed by atoms with Crippen LogP contribution < -0.4 is 47.9 Å². The maximum absolute atomic E-state index is 13.2. The van der Waals surface area contributed by atoms with E-state index in [4.69, 9.17) is 66.3 Å². The summed E-state index contributed by atoms with van der Waals surface area (Å²) < 4.78 is 76.5. The average molecular weight is 1550 g/mol. The van der Waals surface area contributed by atoms with Crippen LogP contribution >= 0.6 is 0 Å². The summed E-state index contributed by atoms with van der Waals surface area (Å²) in [5.41, 5.74) is -4.18. The van der Waals surface area contributed by atoms with Gasteiger partial charge in [0.15, 0.2) is 0 Å². The van der Waals surface area contributed by atoms with Gasteiger partial charge in [-0.3, -0.25) is 34.1 Å². The molecule has 0 spiro atoms. The predicted molar refractivity (Wildman–Crippen MR) is 396 cm³/mol. The van der Waals surface area contributed by atoms with Crippen molar-refractivity contribution in [1.82, 2.24) is 47.9 Å². The van der Waals surface area contributed by atoms with Crippen molar-refractivity contribution in [3.05, 3.63) is 0 Å². The van der Waals surface area contributed by atoms with Gasteiger partial charge in [-0.2, -0.15) is 0 Å². The fourth-order valence-corrected chi connectivity index (χ4v) is 8.81. The molecule has 8 amide bonds. The van der Waals surface area contributed by atoms with Gasteiger partial charge in [-0.25, -0.2) is 28.8 Å². The Morgan fingerprint density at radius 2 is 0.537 bits per heavy atom. The number of ether oxygens (including phenoxy) is 14. The normalized spacial score (nSPS) is 13.0. The summed E-state index contributed by atoms with van der Waals surface area (Å²) in [5, 5.41) is 24.1. The molecule has 0 bridgehead atoms. The van der Waals surface area contributed by atoms with Crippen LogP contribution in [0.5, 0.6) is 0 Å². The van der Waals surface area contributed by atoms with Crippen LogP contribution in [-0.4, -0.2) is 275 Å². The first-order valence-corrected chi connectivity index (χ1v) is 37.4. The monoisotopic (exact) mass is 1550 g/mol. The second kappa shape index (κ2) is 57.0. The number of nitrogens with one attached hydrogen (secondary N) is 9. The van der Waals surface area contributed by atoms with Crippen LogP contribution in [0.3, 0.4) is 0 Å². The number of hydrogen-bond donors (Lipinski definition) is 9. The average Bonchev–Trinajstić information content (AvgIpc) is 0.876. The van der Waals surface area contributed by atoms with Crippen molar-refractivity contribution in [2.75, 3.05) is 145 Å². The Morgan fingerprint density at radius 1 is 0.278 bits per heavy atom. The van der Waals surface area contributed by atoms with Crippen LogP contribution in [0, 0.1) is 0 Å². The van der Waals surface area contributed by atoms with Crippen LogP contribution in [0.2, 0.25) is 0 Å². The van der Waals surface area contributed by atoms with Crippen LogP contribution in [0.1, 0.15) is 195 Å². The molecule has 0 aliphatic heterocycles. The number of unbranched alkanes of at least 4 members (excludes halogenated alkanes) is 2. The maximum atomic E-state index is 13.2. The lowest BCUT2D eigenvalue weighted by Crippen LogP contribution is -2.53. The van der Waals surface area contributed by atoms with Gasteiger partial charge < -0.3 is 109 Å². The van der Waals surface area contributed by atoms with E-state index < -0.39 is 100 Å². The number of carbonyl (C=O) groups excluding carboxylic acids is 12. The minimum absolute atomic E-state index is 0.0633. The second-order valence-electron chi connectivity index (χ2n) is 30.2. The molecule has 0 rings (SSSR count). The molecule has 0 aliphatic carbocycles.